The summed E-state index contributed by atoms with van der Waals surface area (Å²) in [7, 11) is 2.17. The molecule has 0 aliphatic carbocycles. The topological polar surface area (TPSA) is 3.24 Å². The fraction of sp³-hybridized carbons (Fsp3) is 0.467. The number of fused-ring (bicyclic) bond motifs is 1. The van der Waals surface area contributed by atoms with E-state index in [2.05, 4.69) is 43.1 Å². The van der Waals surface area contributed by atoms with Crippen LogP contribution in [-0.4, -0.2) is 19.5 Å². The molecule has 0 radical (unpaired) electrons. The standard InChI is InChI=1S/C15H20ClN/c1-3-12(11-16)9-13-6-7-15-14(10-13)5-4-8-17(15)2/h6-7,9-10H,3-5,8,11H2,1-2H3. The van der Waals surface area contributed by atoms with E-state index in [-0.39, 0.29) is 0 Å². The number of allylic oxidation sites excluding steroid dienone is 1. The maximum absolute atomic E-state index is 5.91. The fourth-order valence-corrected chi connectivity index (χ4v) is 2.63. The third kappa shape index (κ3) is 2.84. The summed E-state index contributed by atoms with van der Waals surface area (Å²) >= 11 is 5.91. The first-order chi connectivity index (χ1) is 8.24. The van der Waals surface area contributed by atoms with Crippen molar-refractivity contribution in [2.24, 2.45) is 0 Å². The quantitative estimate of drug-likeness (QED) is 0.729. The first kappa shape index (κ1) is 12.5. The molecule has 0 saturated carbocycles. The molecule has 2 heteroatoms. The van der Waals surface area contributed by atoms with Crippen molar-refractivity contribution < 1.29 is 0 Å². The van der Waals surface area contributed by atoms with Gasteiger partial charge in [0.05, 0.1) is 0 Å². The molecule has 1 aliphatic heterocycles. The van der Waals surface area contributed by atoms with E-state index in [9.17, 15) is 0 Å². The van der Waals surface area contributed by atoms with Gasteiger partial charge < -0.3 is 4.90 Å². The van der Waals surface area contributed by atoms with Crippen LogP contribution in [0.25, 0.3) is 6.08 Å². The highest BCUT2D eigenvalue weighted by Crippen LogP contribution is 2.27. The summed E-state index contributed by atoms with van der Waals surface area (Å²) in [6.45, 7) is 3.32. The molecular weight excluding hydrogens is 230 g/mol. The monoisotopic (exact) mass is 249 g/mol. The molecule has 0 N–H and O–H groups in total. The van der Waals surface area contributed by atoms with Gasteiger partial charge in [0, 0.05) is 25.2 Å². The lowest BCUT2D eigenvalue weighted by molar-refractivity contribution is 0.744. The number of hydrogen-bond acceptors (Lipinski definition) is 1. The minimum atomic E-state index is 0.632. The predicted octanol–water partition coefficient (Wildman–Crippen LogP) is 4.10. The van der Waals surface area contributed by atoms with E-state index >= 15 is 0 Å². The zero-order valence-corrected chi connectivity index (χ0v) is 11.4. The lowest BCUT2D eigenvalue weighted by atomic mass is 9.98. The fourth-order valence-electron chi connectivity index (χ4n) is 2.37. The van der Waals surface area contributed by atoms with E-state index in [4.69, 9.17) is 11.6 Å². The second kappa shape index (κ2) is 5.59. The van der Waals surface area contributed by atoms with Gasteiger partial charge >= 0.3 is 0 Å². The van der Waals surface area contributed by atoms with Crippen LogP contribution in [0.3, 0.4) is 0 Å². The zero-order valence-electron chi connectivity index (χ0n) is 10.7. The number of nitrogens with zero attached hydrogens (tertiary/aromatic N) is 1. The number of rotatable bonds is 3. The van der Waals surface area contributed by atoms with Gasteiger partial charge in [-0.25, -0.2) is 0 Å². The Balaban J connectivity index is 2.30. The molecule has 1 aromatic rings. The summed E-state index contributed by atoms with van der Waals surface area (Å²) in [6, 6.07) is 6.75. The number of benzene rings is 1. The van der Waals surface area contributed by atoms with Gasteiger partial charge in [-0.05, 0) is 42.5 Å². The molecule has 1 heterocycles. The lowest BCUT2D eigenvalue weighted by Crippen LogP contribution is -2.24. The molecule has 1 aromatic carbocycles. The van der Waals surface area contributed by atoms with E-state index in [0.29, 0.717) is 5.88 Å². The second-order valence-corrected chi connectivity index (χ2v) is 4.97. The molecule has 0 spiro atoms. The first-order valence-electron chi connectivity index (χ1n) is 6.34. The molecule has 0 bridgehead atoms. The molecule has 1 aliphatic rings. The van der Waals surface area contributed by atoms with Crippen molar-refractivity contribution in [3.63, 3.8) is 0 Å². The number of aryl methyl sites for hydroxylation is 1. The van der Waals surface area contributed by atoms with Crippen molar-refractivity contribution in [3.05, 3.63) is 34.9 Å². The number of hydrogen-bond donors (Lipinski definition) is 0. The van der Waals surface area contributed by atoms with E-state index in [1.807, 2.05) is 0 Å². The van der Waals surface area contributed by atoms with Crippen LogP contribution in [0.4, 0.5) is 5.69 Å². The number of halogens is 1. The van der Waals surface area contributed by atoms with Gasteiger partial charge in [-0.1, -0.05) is 24.6 Å². The molecule has 0 aromatic heterocycles. The Labute approximate surface area is 109 Å². The Morgan fingerprint density at radius 1 is 1.47 bits per heavy atom. The predicted molar refractivity (Wildman–Crippen MR) is 77.0 cm³/mol. The minimum absolute atomic E-state index is 0.632. The van der Waals surface area contributed by atoms with Crippen LogP contribution >= 0.6 is 11.6 Å². The summed E-state index contributed by atoms with van der Waals surface area (Å²) in [5, 5.41) is 0. The van der Waals surface area contributed by atoms with Crippen molar-refractivity contribution in [1.29, 1.82) is 0 Å². The highest BCUT2D eigenvalue weighted by Gasteiger charge is 2.13. The third-order valence-corrected chi connectivity index (χ3v) is 3.79. The van der Waals surface area contributed by atoms with Crippen molar-refractivity contribution in [3.8, 4) is 0 Å². The van der Waals surface area contributed by atoms with Crippen LogP contribution in [0.2, 0.25) is 0 Å². The molecule has 0 atom stereocenters. The van der Waals surface area contributed by atoms with E-state index in [1.54, 1.807) is 0 Å². The highest BCUT2D eigenvalue weighted by atomic mass is 35.5. The summed E-state index contributed by atoms with van der Waals surface area (Å²) in [5.74, 6) is 0.632. The molecule has 0 fully saturated rings. The summed E-state index contributed by atoms with van der Waals surface area (Å²) in [4.78, 5) is 2.34. The summed E-state index contributed by atoms with van der Waals surface area (Å²) in [6.07, 6.45) is 5.71. The second-order valence-electron chi connectivity index (χ2n) is 4.70. The molecular formula is C15H20ClN. The number of anilines is 1. The van der Waals surface area contributed by atoms with Gasteiger partial charge in [-0.15, -0.1) is 11.6 Å². The molecule has 0 unspecified atom stereocenters. The normalized spacial score (nSPS) is 15.9. The smallest absolute Gasteiger partial charge is 0.0436 e. The lowest BCUT2D eigenvalue weighted by Gasteiger charge is -2.27. The average Bonchev–Trinajstić information content (AvgIpc) is 2.36. The molecule has 2 rings (SSSR count). The van der Waals surface area contributed by atoms with Gasteiger partial charge in [0.15, 0.2) is 0 Å². The van der Waals surface area contributed by atoms with E-state index < -0.39 is 0 Å². The Morgan fingerprint density at radius 3 is 3.00 bits per heavy atom. The zero-order chi connectivity index (χ0) is 12.3. The van der Waals surface area contributed by atoms with Crippen LogP contribution in [0.1, 0.15) is 30.9 Å². The van der Waals surface area contributed by atoms with Crippen molar-refractivity contribution in [1.82, 2.24) is 0 Å². The van der Waals surface area contributed by atoms with Crippen LogP contribution < -0.4 is 4.90 Å². The van der Waals surface area contributed by atoms with Gasteiger partial charge in [0.2, 0.25) is 0 Å². The highest BCUT2D eigenvalue weighted by molar-refractivity contribution is 6.19. The summed E-state index contributed by atoms with van der Waals surface area (Å²) < 4.78 is 0. The molecule has 0 saturated heterocycles. The van der Waals surface area contributed by atoms with Crippen molar-refractivity contribution >= 4 is 23.4 Å². The van der Waals surface area contributed by atoms with E-state index in [0.717, 1.165) is 6.42 Å². The van der Waals surface area contributed by atoms with Crippen molar-refractivity contribution in [2.75, 3.05) is 24.4 Å². The largest absolute Gasteiger partial charge is 0.374 e. The van der Waals surface area contributed by atoms with Crippen LogP contribution in [0.15, 0.2) is 23.8 Å². The van der Waals surface area contributed by atoms with E-state index in [1.165, 1.54) is 41.8 Å². The van der Waals surface area contributed by atoms with Gasteiger partial charge in [-0.2, -0.15) is 0 Å². The van der Waals surface area contributed by atoms with Crippen molar-refractivity contribution in [2.45, 2.75) is 26.2 Å². The SMILES string of the molecule is CCC(=Cc1ccc2c(c1)CCCN2C)CCl. The molecule has 17 heavy (non-hydrogen) atoms. The Morgan fingerprint density at radius 2 is 2.29 bits per heavy atom. The number of alkyl halides is 1. The van der Waals surface area contributed by atoms with Gasteiger partial charge in [0.1, 0.15) is 0 Å². The molecule has 0 amide bonds. The van der Waals surface area contributed by atoms with Gasteiger partial charge in [0.25, 0.3) is 0 Å². The molecule has 1 nitrogen and oxygen atoms in total. The summed E-state index contributed by atoms with van der Waals surface area (Å²) in [5.41, 5.74) is 5.45. The van der Waals surface area contributed by atoms with Crippen LogP contribution in [-0.2, 0) is 6.42 Å². The average molecular weight is 250 g/mol. The first-order valence-corrected chi connectivity index (χ1v) is 6.87. The Hall–Kier alpha value is -0.950. The third-order valence-electron chi connectivity index (χ3n) is 3.45. The maximum atomic E-state index is 5.91. The van der Waals surface area contributed by atoms with Crippen LogP contribution in [0.5, 0.6) is 0 Å². The van der Waals surface area contributed by atoms with Gasteiger partial charge in [-0.3, -0.25) is 0 Å². The minimum Gasteiger partial charge on any atom is -0.374 e. The molecule has 92 valence electrons. The maximum Gasteiger partial charge on any atom is 0.0436 e. The Bertz CT molecular complexity index is 417. The van der Waals surface area contributed by atoms with Crippen LogP contribution in [0, 0.1) is 0 Å². The Kier molecular flexibility index (Phi) is 4.11.